The molecule has 0 unspecified atom stereocenters. The van der Waals surface area contributed by atoms with Crippen molar-refractivity contribution < 1.29 is 23.8 Å². The van der Waals surface area contributed by atoms with E-state index < -0.39 is 28.6 Å². The average Bonchev–Trinajstić information content (AvgIpc) is 2.84. The maximum absolute atomic E-state index is 13.0. The Labute approximate surface area is 195 Å². The standard InChI is InChI=1S/C25H28N2O7/c1-32-16-6-7-20-15(10-16)11-19(25(31)26-20)18(13-22(29)33-2)24-23(30)21(28)12-17(34-24)14-27-8-4-3-5-9-27/h6-7,10-12,18,30H,3-5,8-9,13-14H2,1-2H3,(H,26,31)/t18-/m0/s1. The predicted octanol–water partition coefficient (Wildman–Crippen LogP) is 2.88. The Morgan fingerprint density at radius 2 is 1.91 bits per heavy atom. The zero-order valence-corrected chi connectivity index (χ0v) is 19.3. The summed E-state index contributed by atoms with van der Waals surface area (Å²) in [6, 6.07) is 8.05. The third-order valence-electron chi connectivity index (χ3n) is 6.20. The number of nitrogens with zero attached hydrogens (tertiary/aromatic N) is 1. The lowest BCUT2D eigenvalue weighted by Crippen LogP contribution is -2.29. The molecule has 0 radical (unpaired) electrons. The highest BCUT2D eigenvalue weighted by Gasteiger charge is 2.29. The lowest BCUT2D eigenvalue weighted by molar-refractivity contribution is -0.140. The number of aromatic nitrogens is 1. The summed E-state index contributed by atoms with van der Waals surface area (Å²) < 4.78 is 16.1. The first-order chi connectivity index (χ1) is 16.4. The van der Waals surface area contributed by atoms with E-state index in [4.69, 9.17) is 13.9 Å². The number of pyridine rings is 1. The fraction of sp³-hybridized carbons (Fsp3) is 0.400. The highest BCUT2D eigenvalue weighted by Crippen LogP contribution is 2.33. The van der Waals surface area contributed by atoms with Gasteiger partial charge in [-0.2, -0.15) is 0 Å². The van der Waals surface area contributed by atoms with Gasteiger partial charge in [-0.25, -0.2) is 0 Å². The summed E-state index contributed by atoms with van der Waals surface area (Å²) in [4.78, 5) is 42.9. The quantitative estimate of drug-likeness (QED) is 0.508. The van der Waals surface area contributed by atoms with Crippen LogP contribution in [0.1, 0.15) is 48.7 Å². The topological polar surface area (TPSA) is 122 Å². The maximum Gasteiger partial charge on any atom is 0.306 e. The molecule has 0 aliphatic carbocycles. The third kappa shape index (κ3) is 4.99. The van der Waals surface area contributed by atoms with Crippen LogP contribution in [0.2, 0.25) is 0 Å². The SMILES string of the molecule is COC(=O)C[C@H](c1oc(CN2CCCCC2)cc(=O)c1O)c1cc2cc(OC)ccc2[nH]c1=O. The van der Waals surface area contributed by atoms with E-state index in [9.17, 15) is 19.5 Å². The number of aromatic hydroxyl groups is 1. The van der Waals surface area contributed by atoms with Gasteiger partial charge in [0.2, 0.25) is 11.2 Å². The van der Waals surface area contributed by atoms with E-state index in [0.717, 1.165) is 32.4 Å². The lowest BCUT2D eigenvalue weighted by Gasteiger charge is -2.26. The van der Waals surface area contributed by atoms with Crippen molar-refractivity contribution >= 4 is 16.9 Å². The molecule has 4 rings (SSSR count). The molecule has 9 heteroatoms. The fourth-order valence-electron chi connectivity index (χ4n) is 4.39. The van der Waals surface area contributed by atoms with Gasteiger partial charge in [-0.1, -0.05) is 6.42 Å². The highest BCUT2D eigenvalue weighted by atomic mass is 16.5. The van der Waals surface area contributed by atoms with E-state index in [0.29, 0.717) is 29.0 Å². The molecule has 2 N–H and O–H groups in total. The number of nitrogens with one attached hydrogen (secondary N) is 1. The van der Waals surface area contributed by atoms with Crippen LogP contribution < -0.4 is 15.7 Å². The van der Waals surface area contributed by atoms with Crippen LogP contribution in [0.25, 0.3) is 10.9 Å². The van der Waals surface area contributed by atoms with Crippen molar-refractivity contribution in [3.63, 3.8) is 0 Å². The van der Waals surface area contributed by atoms with Crippen LogP contribution in [0.4, 0.5) is 0 Å². The number of hydrogen-bond acceptors (Lipinski definition) is 8. The van der Waals surface area contributed by atoms with Crippen molar-refractivity contribution in [3.8, 4) is 11.5 Å². The normalized spacial score (nSPS) is 15.2. The zero-order chi connectivity index (χ0) is 24.2. The minimum Gasteiger partial charge on any atom is -0.502 e. The number of piperidine rings is 1. The van der Waals surface area contributed by atoms with Gasteiger partial charge in [0, 0.05) is 22.5 Å². The smallest absolute Gasteiger partial charge is 0.306 e. The Morgan fingerprint density at radius 1 is 1.15 bits per heavy atom. The van der Waals surface area contributed by atoms with Crippen LogP contribution in [0.15, 0.2) is 44.3 Å². The van der Waals surface area contributed by atoms with E-state index in [1.807, 2.05) is 0 Å². The van der Waals surface area contributed by atoms with Gasteiger partial charge in [0.1, 0.15) is 11.5 Å². The van der Waals surface area contributed by atoms with Crippen LogP contribution in [0.5, 0.6) is 11.5 Å². The van der Waals surface area contributed by atoms with E-state index in [1.165, 1.54) is 20.3 Å². The molecule has 1 fully saturated rings. The summed E-state index contributed by atoms with van der Waals surface area (Å²) in [5.74, 6) is -1.43. The van der Waals surface area contributed by atoms with Gasteiger partial charge < -0.3 is 24.0 Å². The van der Waals surface area contributed by atoms with Crippen molar-refractivity contribution in [2.45, 2.75) is 38.1 Å². The third-order valence-corrected chi connectivity index (χ3v) is 6.20. The van der Waals surface area contributed by atoms with Gasteiger partial charge in [-0.3, -0.25) is 19.3 Å². The Balaban J connectivity index is 1.83. The molecule has 1 aliphatic rings. The zero-order valence-electron chi connectivity index (χ0n) is 19.3. The van der Waals surface area contributed by atoms with Crippen LogP contribution in [0, 0.1) is 0 Å². The van der Waals surface area contributed by atoms with Crippen LogP contribution >= 0.6 is 0 Å². The van der Waals surface area contributed by atoms with E-state index >= 15 is 0 Å². The first-order valence-corrected chi connectivity index (χ1v) is 11.3. The van der Waals surface area contributed by atoms with Gasteiger partial charge in [-0.15, -0.1) is 0 Å². The number of hydrogen-bond donors (Lipinski definition) is 2. The Bertz CT molecular complexity index is 1300. The van der Waals surface area contributed by atoms with E-state index in [-0.39, 0.29) is 17.7 Å². The molecule has 180 valence electrons. The van der Waals surface area contributed by atoms with Gasteiger partial charge in [0.25, 0.3) is 5.56 Å². The summed E-state index contributed by atoms with van der Waals surface area (Å²) in [7, 11) is 2.77. The number of esters is 1. The Kier molecular flexibility index (Phi) is 7.02. The fourth-order valence-corrected chi connectivity index (χ4v) is 4.39. The molecule has 2 aromatic heterocycles. The molecule has 0 spiro atoms. The number of H-pyrrole nitrogens is 1. The van der Waals surface area contributed by atoms with E-state index in [2.05, 4.69) is 9.88 Å². The number of carbonyl (C=O) groups excluding carboxylic acids is 1. The number of carbonyl (C=O) groups is 1. The predicted molar refractivity (Wildman–Crippen MR) is 125 cm³/mol. The molecule has 9 nitrogen and oxygen atoms in total. The Hall–Kier alpha value is -3.59. The molecule has 1 atom stereocenters. The summed E-state index contributed by atoms with van der Waals surface area (Å²) in [5.41, 5.74) is -0.340. The average molecular weight is 469 g/mol. The number of benzene rings is 1. The number of ether oxygens (including phenoxy) is 2. The Morgan fingerprint density at radius 3 is 2.62 bits per heavy atom. The van der Waals surface area contributed by atoms with Crippen LogP contribution in [0.3, 0.4) is 0 Å². The molecule has 0 bridgehead atoms. The molecule has 1 saturated heterocycles. The van der Waals surface area contributed by atoms with Crippen LogP contribution in [-0.2, 0) is 16.1 Å². The first kappa shape index (κ1) is 23.6. The molecule has 34 heavy (non-hydrogen) atoms. The second kappa shape index (κ2) is 10.1. The second-order valence-electron chi connectivity index (χ2n) is 8.47. The number of aromatic amines is 1. The molecule has 3 aromatic rings. The van der Waals surface area contributed by atoms with Gasteiger partial charge >= 0.3 is 5.97 Å². The van der Waals surface area contributed by atoms with Crippen molar-refractivity contribution in [2.24, 2.45) is 0 Å². The monoisotopic (exact) mass is 468 g/mol. The van der Waals surface area contributed by atoms with Crippen molar-refractivity contribution in [1.29, 1.82) is 0 Å². The van der Waals surface area contributed by atoms with E-state index in [1.54, 1.807) is 24.3 Å². The number of methoxy groups -OCH3 is 2. The van der Waals surface area contributed by atoms with Gasteiger partial charge in [0.05, 0.1) is 33.1 Å². The minimum atomic E-state index is -1.03. The summed E-state index contributed by atoms with van der Waals surface area (Å²) >= 11 is 0. The molecule has 1 aromatic carbocycles. The largest absolute Gasteiger partial charge is 0.502 e. The molecular weight excluding hydrogens is 440 g/mol. The number of rotatable bonds is 7. The molecule has 0 amide bonds. The first-order valence-electron chi connectivity index (χ1n) is 11.3. The summed E-state index contributed by atoms with van der Waals surface area (Å²) in [6.07, 6.45) is 3.00. The second-order valence-corrected chi connectivity index (χ2v) is 8.47. The van der Waals surface area contributed by atoms with Gasteiger partial charge in [-0.05, 0) is 50.2 Å². The highest BCUT2D eigenvalue weighted by molar-refractivity contribution is 5.81. The lowest BCUT2D eigenvalue weighted by atomic mass is 9.92. The van der Waals surface area contributed by atoms with Crippen molar-refractivity contribution in [2.75, 3.05) is 27.3 Å². The summed E-state index contributed by atoms with van der Waals surface area (Å²) in [5, 5.41) is 11.3. The molecule has 3 heterocycles. The molecule has 0 saturated carbocycles. The van der Waals surface area contributed by atoms with Crippen molar-refractivity contribution in [1.82, 2.24) is 9.88 Å². The minimum absolute atomic E-state index is 0.127. The van der Waals surface area contributed by atoms with Gasteiger partial charge in [0.15, 0.2) is 5.76 Å². The maximum atomic E-state index is 13.0. The molecule has 1 aliphatic heterocycles. The van der Waals surface area contributed by atoms with Crippen LogP contribution in [-0.4, -0.2) is 48.3 Å². The number of fused-ring (bicyclic) bond motifs is 1. The van der Waals surface area contributed by atoms with Crippen molar-refractivity contribution in [3.05, 3.63) is 68.0 Å². The number of likely N-dealkylation sites (tertiary alicyclic amines) is 1. The summed E-state index contributed by atoms with van der Waals surface area (Å²) in [6.45, 7) is 2.17. The molecular formula is C25H28N2O7.